The molecule has 1 aliphatic rings. The minimum atomic E-state index is 0.100. The van der Waals surface area contributed by atoms with Crippen LogP contribution in [-0.4, -0.2) is 67.8 Å². The summed E-state index contributed by atoms with van der Waals surface area (Å²) in [4.78, 5) is 23.8. The molecule has 0 saturated carbocycles. The summed E-state index contributed by atoms with van der Waals surface area (Å²) in [7, 11) is 7.73. The lowest BCUT2D eigenvalue weighted by Crippen LogP contribution is -2.39. The van der Waals surface area contributed by atoms with Crippen LogP contribution in [0.5, 0.6) is 0 Å². The zero-order valence-corrected chi connectivity index (χ0v) is 13.4. The number of aliphatic imine (C=N–C) groups is 1. The van der Waals surface area contributed by atoms with Gasteiger partial charge in [-0.15, -0.1) is 11.3 Å². The number of carbonyl (C=O) groups is 1. The van der Waals surface area contributed by atoms with E-state index < -0.39 is 0 Å². The molecule has 0 spiro atoms. The molecule has 0 fully saturated rings. The van der Waals surface area contributed by atoms with Crippen molar-refractivity contribution in [2.75, 3.05) is 41.3 Å². The van der Waals surface area contributed by atoms with E-state index in [2.05, 4.69) is 16.4 Å². The largest absolute Gasteiger partial charge is 0.349 e. The Balaban J connectivity index is 1.98. The number of nitrogens with zero attached hydrogens (tertiary/aromatic N) is 4. The molecule has 0 N–H and O–H groups in total. The first-order valence-corrected chi connectivity index (χ1v) is 7.59. The Morgan fingerprint density at radius 2 is 2.05 bits per heavy atom. The summed E-state index contributed by atoms with van der Waals surface area (Å²) in [6.07, 6.45) is 0.969. The van der Waals surface area contributed by atoms with Crippen LogP contribution in [0.25, 0.3) is 0 Å². The van der Waals surface area contributed by atoms with Crippen LogP contribution in [-0.2, 0) is 17.8 Å². The molecular formula is C14H22N4OS. The lowest BCUT2D eigenvalue weighted by Gasteiger charge is -2.27. The predicted octanol–water partition coefficient (Wildman–Crippen LogP) is 1.11. The maximum absolute atomic E-state index is 12.3. The van der Waals surface area contributed by atoms with Crippen LogP contribution in [0.4, 0.5) is 0 Å². The highest BCUT2D eigenvalue weighted by atomic mass is 32.1. The SMILES string of the molecule is CN(C)C(=NCC(=O)N1CCc2sccc2C1)N(C)C. The number of guanidine groups is 1. The molecule has 0 unspecified atom stereocenters. The summed E-state index contributed by atoms with van der Waals surface area (Å²) in [6, 6.07) is 2.12. The van der Waals surface area contributed by atoms with Gasteiger partial charge in [0, 0.05) is 46.2 Å². The van der Waals surface area contributed by atoms with Crippen molar-refractivity contribution >= 4 is 23.2 Å². The molecular weight excluding hydrogens is 272 g/mol. The van der Waals surface area contributed by atoms with E-state index in [1.165, 1.54) is 10.4 Å². The third kappa shape index (κ3) is 3.30. The van der Waals surface area contributed by atoms with Gasteiger partial charge in [-0.2, -0.15) is 0 Å². The maximum Gasteiger partial charge on any atom is 0.244 e. The van der Waals surface area contributed by atoms with Crippen LogP contribution in [0.3, 0.4) is 0 Å². The van der Waals surface area contributed by atoms with Crippen molar-refractivity contribution in [3.63, 3.8) is 0 Å². The van der Waals surface area contributed by atoms with Crippen LogP contribution in [0.1, 0.15) is 10.4 Å². The first-order valence-electron chi connectivity index (χ1n) is 6.71. The van der Waals surface area contributed by atoms with E-state index >= 15 is 0 Å². The molecule has 110 valence electrons. The first kappa shape index (κ1) is 14.8. The second kappa shape index (κ2) is 6.26. The first-order chi connectivity index (χ1) is 9.49. The monoisotopic (exact) mass is 294 g/mol. The average molecular weight is 294 g/mol. The molecule has 6 heteroatoms. The van der Waals surface area contributed by atoms with E-state index in [0.29, 0.717) is 0 Å². The van der Waals surface area contributed by atoms with E-state index in [0.717, 1.165) is 25.5 Å². The summed E-state index contributed by atoms with van der Waals surface area (Å²) in [6.45, 7) is 1.75. The Kier molecular flexibility index (Phi) is 4.65. The van der Waals surface area contributed by atoms with Gasteiger partial charge < -0.3 is 14.7 Å². The quantitative estimate of drug-likeness (QED) is 0.606. The van der Waals surface area contributed by atoms with Gasteiger partial charge in [-0.3, -0.25) is 4.79 Å². The van der Waals surface area contributed by atoms with E-state index in [4.69, 9.17) is 0 Å². The number of thiophene rings is 1. The summed E-state index contributed by atoms with van der Waals surface area (Å²) in [5.41, 5.74) is 1.29. The summed E-state index contributed by atoms with van der Waals surface area (Å²) < 4.78 is 0. The zero-order valence-electron chi connectivity index (χ0n) is 12.6. The van der Waals surface area contributed by atoms with Crippen LogP contribution in [0.15, 0.2) is 16.4 Å². The summed E-state index contributed by atoms with van der Waals surface area (Å²) >= 11 is 1.79. The van der Waals surface area contributed by atoms with Gasteiger partial charge in [0.1, 0.15) is 6.54 Å². The van der Waals surface area contributed by atoms with Crippen LogP contribution in [0, 0.1) is 0 Å². The Hall–Kier alpha value is -1.56. The van der Waals surface area contributed by atoms with Gasteiger partial charge in [-0.1, -0.05) is 0 Å². The Morgan fingerprint density at radius 1 is 1.35 bits per heavy atom. The molecule has 0 bridgehead atoms. The van der Waals surface area contributed by atoms with Crippen molar-refractivity contribution in [1.29, 1.82) is 0 Å². The van der Waals surface area contributed by atoms with E-state index in [-0.39, 0.29) is 12.5 Å². The van der Waals surface area contributed by atoms with Crippen molar-refractivity contribution in [3.8, 4) is 0 Å². The number of carbonyl (C=O) groups excluding carboxylic acids is 1. The minimum absolute atomic E-state index is 0.100. The summed E-state index contributed by atoms with van der Waals surface area (Å²) in [5.74, 6) is 0.912. The van der Waals surface area contributed by atoms with E-state index in [9.17, 15) is 4.79 Å². The highest BCUT2D eigenvalue weighted by Crippen LogP contribution is 2.23. The zero-order chi connectivity index (χ0) is 14.7. The molecule has 2 rings (SSSR count). The molecule has 0 saturated heterocycles. The van der Waals surface area contributed by atoms with Crippen molar-refractivity contribution in [1.82, 2.24) is 14.7 Å². The molecule has 1 aliphatic heterocycles. The minimum Gasteiger partial charge on any atom is -0.349 e. The standard InChI is InChI=1S/C14H22N4OS/c1-16(2)14(17(3)4)15-9-13(19)18-7-5-12-11(10-18)6-8-20-12/h6,8H,5,7,9-10H2,1-4H3. The smallest absolute Gasteiger partial charge is 0.244 e. The van der Waals surface area contributed by atoms with Gasteiger partial charge in [0.05, 0.1) is 0 Å². The highest BCUT2D eigenvalue weighted by Gasteiger charge is 2.21. The van der Waals surface area contributed by atoms with Crippen molar-refractivity contribution in [2.24, 2.45) is 4.99 Å². The van der Waals surface area contributed by atoms with Crippen molar-refractivity contribution < 1.29 is 4.79 Å². The fourth-order valence-corrected chi connectivity index (χ4v) is 3.27. The second-order valence-corrected chi connectivity index (χ2v) is 6.34. The molecule has 0 atom stereocenters. The molecule has 1 aromatic rings. The molecule has 0 aromatic carbocycles. The topological polar surface area (TPSA) is 39.2 Å². The number of amides is 1. The molecule has 1 amide bonds. The van der Waals surface area contributed by atoms with Crippen molar-refractivity contribution in [3.05, 3.63) is 21.9 Å². The Labute approximate surface area is 124 Å². The highest BCUT2D eigenvalue weighted by molar-refractivity contribution is 7.10. The van der Waals surface area contributed by atoms with Crippen LogP contribution < -0.4 is 0 Å². The van der Waals surface area contributed by atoms with E-state index in [1.54, 1.807) is 11.3 Å². The van der Waals surface area contributed by atoms with Gasteiger partial charge in [0.25, 0.3) is 0 Å². The molecule has 0 radical (unpaired) electrons. The lowest BCUT2D eigenvalue weighted by molar-refractivity contribution is -0.130. The van der Waals surface area contributed by atoms with Gasteiger partial charge in [0.15, 0.2) is 5.96 Å². The molecule has 20 heavy (non-hydrogen) atoms. The molecule has 2 heterocycles. The number of fused-ring (bicyclic) bond motifs is 1. The molecule has 1 aromatic heterocycles. The van der Waals surface area contributed by atoms with Gasteiger partial charge in [-0.05, 0) is 23.4 Å². The van der Waals surface area contributed by atoms with Crippen LogP contribution >= 0.6 is 11.3 Å². The normalized spacial score (nSPS) is 13.7. The van der Waals surface area contributed by atoms with Gasteiger partial charge in [0.2, 0.25) is 5.91 Å². The van der Waals surface area contributed by atoms with E-state index in [1.807, 2.05) is 42.9 Å². The van der Waals surface area contributed by atoms with Crippen LogP contribution in [0.2, 0.25) is 0 Å². The lowest BCUT2D eigenvalue weighted by atomic mass is 10.1. The molecule has 0 aliphatic carbocycles. The fraction of sp³-hybridized carbons (Fsp3) is 0.571. The maximum atomic E-state index is 12.3. The van der Waals surface area contributed by atoms with Gasteiger partial charge >= 0.3 is 0 Å². The Morgan fingerprint density at radius 3 is 2.70 bits per heavy atom. The van der Waals surface area contributed by atoms with Crippen molar-refractivity contribution in [2.45, 2.75) is 13.0 Å². The second-order valence-electron chi connectivity index (χ2n) is 5.34. The third-order valence-corrected chi connectivity index (χ3v) is 4.34. The van der Waals surface area contributed by atoms with Gasteiger partial charge in [-0.25, -0.2) is 4.99 Å². The summed E-state index contributed by atoms with van der Waals surface area (Å²) in [5, 5.41) is 2.10. The number of rotatable bonds is 2. The predicted molar refractivity (Wildman–Crippen MR) is 83.1 cm³/mol. The average Bonchev–Trinajstić information content (AvgIpc) is 2.84. The number of hydrogen-bond donors (Lipinski definition) is 0. The molecule has 5 nitrogen and oxygen atoms in total. The Bertz CT molecular complexity index is 497. The third-order valence-electron chi connectivity index (χ3n) is 3.32. The number of hydrogen-bond acceptors (Lipinski definition) is 3. The fourth-order valence-electron chi connectivity index (χ4n) is 2.38.